The second-order valence-electron chi connectivity index (χ2n) is 5.40. The van der Waals surface area contributed by atoms with E-state index >= 15 is 0 Å². The number of hydrogen-bond acceptors (Lipinski definition) is 2. The Labute approximate surface area is 111 Å². The molecule has 1 saturated carbocycles. The van der Waals surface area contributed by atoms with Crippen LogP contribution in [-0.4, -0.2) is 11.9 Å². The minimum absolute atomic E-state index is 0.129. The van der Waals surface area contributed by atoms with Crippen LogP contribution in [0.5, 0.6) is 0 Å². The molecule has 0 spiro atoms. The first-order valence-electron chi connectivity index (χ1n) is 6.55. The molecule has 0 N–H and O–H groups in total. The molecular weight excluding hydrogens is 250 g/mol. The Morgan fingerprint density at radius 2 is 2.00 bits per heavy atom. The van der Waals surface area contributed by atoms with Crippen molar-refractivity contribution in [2.75, 3.05) is 0 Å². The molecule has 2 rings (SSSR count). The van der Waals surface area contributed by atoms with Crippen LogP contribution < -0.4 is 0 Å². The van der Waals surface area contributed by atoms with Crippen molar-refractivity contribution < 1.29 is 18.3 Å². The Hall–Kier alpha value is -1.45. The van der Waals surface area contributed by atoms with Gasteiger partial charge in [0.05, 0.1) is 5.92 Å². The number of halogens is 2. The summed E-state index contributed by atoms with van der Waals surface area (Å²) in [4.78, 5) is 11.8. The zero-order valence-electron chi connectivity index (χ0n) is 10.9. The summed E-state index contributed by atoms with van der Waals surface area (Å²) in [6, 6.07) is 9.24. The SMILES string of the molecule is C[C@@H]1C[C@H](C(=O)OCc2ccccc2)CC(F)(F)C1. The zero-order valence-corrected chi connectivity index (χ0v) is 10.9. The average Bonchev–Trinajstić information content (AvgIpc) is 2.34. The third-order valence-electron chi connectivity index (χ3n) is 3.44. The number of benzene rings is 1. The fourth-order valence-corrected chi connectivity index (χ4v) is 2.63. The molecular formula is C15H18F2O2. The van der Waals surface area contributed by atoms with Gasteiger partial charge in [0.25, 0.3) is 0 Å². The number of carbonyl (C=O) groups excluding carboxylic acids is 1. The minimum Gasteiger partial charge on any atom is -0.461 e. The summed E-state index contributed by atoms with van der Waals surface area (Å²) in [5.41, 5.74) is 0.867. The van der Waals surface area contributed by atoms with Crippen LogP contribution in [0.15, 0.2) is 30.3 Å². The van der Waals surface area contributed by atoms with Crippen LogP contribution in [0, 0.1) is 11.8 Å². The standard InChI is InChI=1S/C15H18F2O2/c1-11-7-13(9-15(16,17)8-11)14(18)19-10-12-5-3-2-4-6-12/h2-6,11,13H,7-10H2,1H3/t11-,13+/m1/s1. The summed E-state index contributed by atoms with van der Waals surface area (Å²) in [6.45, 7) is 1.90. The Morgan fingerprint density at radius 1 is 1.32 bits per heavy atom. The van der Waals surface area contributed by atoms with E-state index in [-0.39, 0.29) is 25.4 Å². The molecule has 0 aromatic heterocycles. The van der Waals surface area contributed by atoms with Crippen LogP contribution in [0.1, 0.15) is 31.7 Å². The molecule has 1 aromatic carbocycles. The molecule has 0 saturated heterocycles. The zero-order chi connectivity index (χ0) is 13.9. The molecule has 1 aromatic rings. The number of esters is 1. The highest BCUT2D eigenvalue weighted by atomic mass is 19.3. The van der Waals surface area contributed by atoms with Gasteiger partial charge in [0.2, 0.25) is 5.92 Å². The molecule has 104 valence electrons. The normalized spacial score (nSPS) is 25.8. The van der Waals surface area contributed by atoms with E-state index in [9.17, 15) is 13.6 Å². The molecule has 0 amide bonds. The third-order valence-corrected chi connectivity index (χ3v) is 3.44. The highest BCUT2D eigenvalue weighted by molar-refractivity contribution is 5.72. The molecule has 2 nitrogen and oxygen atoms in total. The lowest BCUT2D eigenvalue weighted by atomic mass is 9.80. The van der Waals surface area contributed by atoms with Crippen LogP contribution in [0.4, 0.5) is 8.78 Å². The predicted molar refractivity (Wildman–Crippen MR) is 67.7 cm³/mol. The summed E-state index contributed by atoms with van der Waals surface area (Å²) in [5.74, 6) is -4.07. The predicted octanol–water partition coefficient (Wildman–Crippen LogP) is 3.80. The van der Waals surface area contributed by atoms with Gasteiger partial charge in [-0.2, -0.15) is 0 Å². The van der Waals surface area contributed by atoms with Gasteiger partial charge in [-0.25, -0.2) is 8.78 Å². The molecule has 1 aliphatic rings. The van der Waals surface area contributed by atoms with Gasteiger partial charge < -0.3 is 4.74 Å². The van der Waals surface area contributed by atoms with Crippen molar-refractivity contribution >= 4 is 5.97 Å². The highest BCUT2D eigenvalue weighted by Gasteiger charge is 2.42. The van der Waals surface area contributed by atoms with Crippen molar-refractivity contribution in [3.05, 3.63) is 35.9 Å². The average molecular weight is 268 g/mol. The van der Waals surface area contributed by atoms with Crippen molar-refractivity contribution in [1.29, 1.82) is 0 Å². The summed E-state index contributed by atoms with van der Waals surface area (Å²) in [5, 5.41) is 0. The number of alkyl halides is 2. The lowest BCUT2D eigenvalue weighted by Gasteiger charge is -2.31. The van der Waals surface area contributed by atoms with Gasteiger partial charge in [-0.05, 0) is 17.9 Å². The van der Waals surface area contributed by atoms with E-state index in [4.69, 9.17) is 4.74 Å². The first-order valence-corrected chi connectivity index (χ1v) is 6.55. The van der Waals surface area contributed by atoms with Gasteiger partial charge in [-0.1, -0.05) is 37.3 Å². The van der Waals surface area contributed by atoms with Crippen molar-refractivity contribution in [2.24, 2.45) is 11.8 Å². The van der Waals surface area contributed by atoms with E-state index in [2.05, 4.69) is 0 Å². The third kappa shape index (κ3) is 4.01. The highest BCUT2D eigenvalue weighted by Crippen LogP contribution is 2.40. The molecule has 4 heteroatoms. The van der Waals surface area contributed by atoms with Crippen LogP contribution >= 0.6 is 0 Å². The van der Waals surface area contributed by atoms with Gasteiger partial charge in [0, 0.05) is 12.8 Å². The molecule has 0 aliphatic heterocycles. The number of carbonyl (C=O) groups is 1. The first kappa shape index (κ1) is 14.0. The van der Waals surface area contributed by atoms with E-state index in [1.807, 2.05) is 30.3 Å². The number of rotatable bonds is 3. The van der Waals surface area contributed by atoms with Gasteiger partial charge in [-0.15, -0.1) is 0 Å². The van der Waals surface area contributed by atoms with E-state index in [0.29, 0.717) is 6.42 Å². The van der Waals surface area contributed by atoms with E-state index in [1.54, 1.807) is 6.92 Å². The van der Waals surface area contributed by atoms with Gasteiger partial charge in [0.1, 0.15) is 6.61 Å². The van der Waals surface area contributed by atoms with Crippen molar-refractivity contribution in [3.63, 3.8) is 0 Å². The monoisotopic (exact) mass is 268 g/mol. The van der Waals surface area contributed by atoms with Crippen LogP contribution in [0.3, 0.4) is 0 Å². The first-order chi connectivity index (χ1) is 8.96. The molecule has 0 heterocycles. The molecule has 19 heavy (non-hydrogen) atoms. The molecule has 0 bridgehead atoms. The van der Waals surface area contributed by atoms with Crippen molar-refractivity contribution in [1.82, 2.24) is 0 Å². The Balaban J connectivity index is 1.89. The largest absolute Gasteiger partial charge is 0.461 e. The number of hydrogen-bond donors (Lipinski definition) is 0. The van der Waals surface area contributed by atoms with Gasteiger partial charge in [0.15, 0.2) is 0 Å². The molecule has 0 radical (unpaired) electrons. The smallest absolute Gasteiger partial charge is 0.309 e. The van der Waals surface area contributed by atoms with E-state index < -0.39 is 17.8 Å². The molecule has 1 aliphatic carbocycles. The summed E-state index contributed by atoms with van der Waals surface area (Å²) < 4.78 is 32.0. The number of ether oxygens (including phenoxy) is 1. The van der Waals surface area contributed by atoms with Crippen molar-refractivity contribution in [3.8, 4) is 0 Å². The Kier molecular flexibility index (Phi) is 4.17. The topological polar surface area (TPSA) is 26.3 Å². The minimum atomic E-state index is -2.74. The molecule has 2 atom stereocenters. The maximum absolute atomic E-state index is 13.4. The van der Waals surface area contributed by atoms with Crippen LogP contribution in [0.2, 0.25) is 0 Å². The van der Waals surface area contributed by atoms with Crippen LogP contribution in [0.25, 0.3) is 0 Å². The maximum Gasteiger partial charge on any atom is 0.309 e. The Bertz CT molecular complexity index is 431. The molecule has 1 fully saturated rings. The molecule has 0 unspecified atom stereocenters. The second kappa shape index (κ2) is 5.68. The summed E-state index contributed by atoms with van der Waals surface area (Å²) in [7, 11) is 0. The fourth-order valence-electron chi connectivity index (χ4n) is 2.63. The van der Waals surface area contributed by atoms with E-state index in [0.717, 1.165) is 5.56 Å². The Morgan fingerprint density at radius 3 is 2.63 bits per heavy atom. The summed E-state index contributed by atoms with van der Waals surface area (Å²) >= 11 is 0. The van der Waals surface area contributed by atoms with Gasteiger partial charge in [-0.3, -0.25) is 4.79 Å². The van der Waals surface area contributed by atoms with E-state index in [1.165, 1.54) is 0 Å². The lowest BCUT2D eigenvalue weighted by molar-refractivity contribution is -0.159. The maximum atomic E-state index is 13.4. The quantitative estimate of drug-likeness (QED) is 0.779. The fraction of sp³-hybridized carbons (Fsp3) is 0.533. The summed E-state index contributed by atoms with van der Waals surface area (Å²) in [6.07, 6.45) is -0.0242. The second-order valence-corrected chi connectivity index (χ2v) is 5.40. The van der Waals surface area contributed by atoms with Crippen LogP contribution in [-0.2, 0) is 16.1 Å². The van der Waals surface area contributed by atoms with Gasteiger partial charge >= 0.3 is 5.97 Å². The lowest BCUT2D eigenvalue weighted by Crippen LogP contribution is -2.35. The van der Waals surface area contributed by atoms with Crippen molar-refractivity contribution in [2.45, 2.75) is 38.7 Å².